The van der Waals surface area contributed by atoms with Crippen molar-refractivity contribution in [1.82, 2.24) is 4.90 Å². The van der Waals surface area contributed by atoms with Gasteiger partial charge in [-0.15, -0.1) is 0 Å². The van der Waals surface area contributed by atoms with Crippen LogP contribution in [0, 0.1) is 5.92 Å². The molecule has 1 heterocycles. The Bertz CT molecular complexity index is 453. The number of nitrogens with zero attached hydrogens (tertiary/aromatic N) is 1. The van der Waals surface area contributed by atoms with Gasteiger partial charge in [-0.05, 0) is 59.8 Å². The van der Waals surface area contributed by atoms with Crippen molar-refractivity contribution in [2.75, 3.05) is 19.7 Å². The van der Waals surface area contributed by atoms with Crippen molar-refractivity contribution in [3.63, 3.8) is 0 Å². The van der Waals surface area contributed by atoms with Crippen LogP contribution in [0.4, 0.5) is 0 Å². The second-order valence-corrected chi connectivity index (χ2v) is 5.91. The summed E-state index contributed by atoms with van der Waals surface area (Å²) < 4.78 is 6.30. The molecule has 0 aliphatic carbocycles. The van der Waals surface area contributed by atoms with Gasteiger partial charge < -0.3 is 9.64 Å². The fourth-order valence-corrected chi connectivity index (χ4v) is 2.79. The topological polar surface area (TPSA) is 29.5 Å². The van der Waals surface area contributed by atoms with Crippen LogP contribution in [0.3, 0.4) is 0 Å². The number of amides is 1. The van der Waals surface area contributed by atoms with Gasteiger partial charge in [0.05, 0.1) is 11.1 Å². The van der Waals surface area contributed by atoms with Gasteiger partial charge in [-0.25, -0.2) is 0 Å². The third-order valence-corrected chi connectivity index (χ3v) is 4.17. The molecule has 104 valence electrons. The summed E-state index contributed by atoms with van der Waals surface area (Å²) in [4.78, 5) is 14.3. The van der Waals surface area contributed by atoms with Crippen LogP contribution in [0.2, 0.25) is 0 Å². The number of hydrogen-bond donors (Lipinski definition) is 0. The summed E-state index contributed by atoms with van der Waals surface area (Å²) in [7, 11) is 0. The molecule has 1 saturated heterocycles. The highest BCUT2D eigenvalue weighted by atomic mass is 79.9. The molecule has 0 radical (unpaired) electrons. The summed E-state index contributed by atoms with van der Waals surface area (Å²) in [5.41, 5.74) is 0.727. The lowest BCUT2D eigenvalue weighted by atomic mass is 9.98. The summed E-state index contributed by atoms with van der Waals surface area (Å²) in [5.74, 6) is 1.64. The predicted molar refractivity (Wildman–Crippen MR) is 79.6 cm³/mol. The molecule has 1 aromatic carbocycles. The number of likely N-dealkylation sites (tertiary alicyclic amines) is 1. The van der Waals surface area contributed by atoms with E-state index in [1.54, 1.807) is 0 Å². The van der Waals surface area contributed by atoms with Gasteiger partial charge >= 0.3 is 0 Å². The summed E-state index contributed by atoms with van der Waals surface area (Å²) in [6.07, 6.45) is 2.20. The van der Waals surface area contributed by atoms with E-state index in [0.29, 0.717) is 6.61 Å². The number of halogens is 1. The van der Waals surface area contributed by atoms with Gasteiger partial charge in [0, 0.05) is 18.7 Å². The third kappa shape index (κ3) is 3.50. The smallest absolute Gasteiger partial charge is 0.253 e. The Morgan fingerprint density at radius 2 is 2.11 bits per heavy atom. The maximum Gasteiger partial charge on any atom is 0.253 e. The second-order valence-electron chi connectivity index (χ2n) is 5.05. The Balaban J connectivity index is 2.09. The van der Waals surface area contributed by atoms with Gasteiger partial charge in [0.25, 0.3) is 5.91 Å². The Morgan fingerprint density at radius 3 is 2.68 bits per heavy atom. The van der Waals surface area contributed by atoms with Gasteiger partial charge in [-0.2, -0.15) is 0 Å². The molecule has 0 saturated carbocycles. The fourth-order valence-electron chi connectivity index (χ4n) is 2.30. The zero-order chi connectivity index (χ0) is 13.8. The highest BCUT2D eigenvalue weighted by molar-refractivity contribution is 9.10. The molecule has 1 aliphatic heterocycles. The Morgan fingerprint density at radius 1 is 1.42 bits per heavy atom. The van der Waals surface area contributed by atoms with Crippen LogP contribution < -0.4 is 4.74 Å². The monoisotopic (exact) mass is 325 g/mol. The summed E-state index contributed by atoms with van der Waals surface area (Å²) >= 11 is 3.45. The van der Waals surface area contributed by atoms with E-state index >= 15 is 0 Å². The van der Waals surface area contributed by atoms with Crippen LogP contribution in [0.5, 0.6) is 5.75 Å². The molecule has 1 aromatic rings. The SMILES string of the molecule is CCOc1ccc(C(=O)N2CCC(C)CC2)cc1Br. The van der Waals surface area contributed by atoms with Crippen molar-refractivity contribution >= 4 is 21.8 Å². The summed E-state index contributed by atoms with van der Waals surface area (Å²) in [6.45, 7) is 6.54. The van der Waals surface area contributed by atoms with Crippen molar-refractivity contribution in [1.29, 1.82) is 0 Å². The van der Waals surface area contributed by atoms with Crippen LogP contribution in [0.15, 0.2) is 22.7 Å². The van der Waals surface area contributed by atoms with Crippen LogP contribution in [0.1, 0.15) is 37.0 Å². The molecule has 2 rings (SSSR count). The highest BCUT2D eigenvalue weighted by Crippen LogP contribution is 2.27. The Labute approximate surface area is 123 Å². The minimum absolute atomic E-state index is 0.121. The molecule has 0 spiro atoms. The van der Waals surface area contributed by atoms with E-state index in [-0.39, 0.29) is 5.91 Å². The van der Waals surface area contributed by atoms with Gasteiger partial charge in [-0.1, -0.05) is 6.92 Å². The maximum atomic E-state index is 12.4. The van der Waals surface area contributed by atoms with E-state index in [1.807, 2.05) is 30.0 Å². The molecule has 19 heavy (non-hydrogen) atoms. The lowest BCUT2D eigenvalue weighted by Gasteiger charge is -2.30. The van der Waals surface area contributed by atoms with Crippen LogP contribution in [0.25, 0.3) is 0 Å². The highest BCUT2D eigenvalue weighted by Gasteiger charge is 2.21. The molecule has 0 aromatic heterocycles. The molecule has 1 fully saturated rings. The normalized spacial score (nSPS) is 16.5. The van der Waals surface area contributed by atoms with E-state index in [4.69, 9.17) is 4.74 Å². The minimum Gasteiger partial charge on any atom is -0.493 e. The second kappa shape index (κ2) is 6.42. The van der Waals surface area contributed by atoms with E-state index < -0.39 is 0 Å². The maximum absolute atomic E-state index is 12.4. The average molecular weight is 326 g/mol. The van der Waals surface area contributed by atoms with E-state index in [1.165, 1.54) is 0 Å². The first kappa shape index (κ1) is 14.4. The average Bonchev–Trinajstić information content (AvgIpc) is 2.41. The fraction of sp³-hybridized carbons (Fsp3) is 0.533. The lowest BCUT2D eigenvalue weighted by Crippen LogP contribution is -2.37. The van der Waals surface area contributed by atoms with Gasteiger partial charge in [0.2, 0.25) is 0 Å². The largest absolute Gasteiger partial charge is 0.493 e. The molecule has 3 nitrogen and oxygen atoms in total. The molecule has 0 bridgehead atoms. The van der Waals surface area contributed by atoms with Crippen LogP contribution in [-0.4, -0.2) is 30.5 Å². The van der Waals surface area contributed by atoms with Crippen molar-refractivity contribution in [3.05, 3.63) is 28.2 Å². The number of piperidine rings is 1. The van der Waals surface area contributed by atoms with Crippen LogP contribution >= 0.6 is 15.9 Å². The molecule has 0 atom stereocenters. The number of benzene rings is 1. The molecular formula is C15H20BrNO2. The quantitative estimate of drug-likeness (QED) is 0.847. The molecule has 0 unspecified atom stereocenters. The van der Waals surface area contributed by atoms with Crippen molar-refractivity contribution < 1.29 is 9.53 Å². The number of carbonyl (C=O) groups excluding carboxylic acids is 1. The number of carbonyl (C=O) groups is 1. The van der Waals surface area contributed by atoms with Crippen molar-refractivity contribution in [3.8, 4) is 5.75 Å². The molecule has 4 heteroatoms. The third-order valence-electron chi connectivity index (χ3n) is 3.55. The van der Waals surface area contributed by atoms with Gasteiger partial charge in [0.1, 0.15) is 5.75 Å². The summed E-state index contributed by atoms with van der Waals surface area (Å²) in [6, 6.07) is 5.55. The lowest BCUT2D eigenvalue weighted by molar-refractivity contribution is 0.0697. The molecule has 0 N–H and O–H groups in total. The summed E-state index contributed by atoms with van der Waals surface area (Å²) in [5, 5.41) is 0. The molecular weight excluding hydrogens is 306 g/mol. The Kier molecular flexibility index (Phi) is 4.86. The zero-order valence-electron chi connectivity index (χ0n) is 11.5. The standard InChI is InChI=1S/C15H20BrNO2/c1-3-19-14-5-4-12(10-13(14)16)15(18)17-8-6-11(2)7-9-17/h4-5,10-11H,3,6-9H2,1-2H3. The van der Waals surface area contributed by atoms with Crippen molar-refractivity contribution in [2.45, 2.75) is 26.7 Å². The van der Waals surface area contributed by atoms with E-state index in [2.05, 4.69) is 22.9 Å². The van der Waals surface area contributed by atoms with Crippen molar-refractivity contribution in [2.24, 2.45) is 5.92 Å². The number of hydrogen-bond acceptors (Lipinski definition) is 2. The molecule has 1 amide bonds. The predicted octanol–water partition coefficient (Wildman–Crippen LogP) is 3.72. The van der Waals surface area contributed by atoms with E-state index in [9.17, 15) is 4.79 Å². The zero-order valence-corrected chi connectivity index (χ0v) is 13.1. The molecule has 1 aliphatic rings. The number of ether oxygens (including phenoxy) is 1. The minimum atomic E-state index is 0.121. The number of rotatable bonds is 3. The van der Waals surface area contributed by atoms with Gasteiger partial charge in [0.15, 0.2) is 0 Å². The first-order valence-corrected chi connectivity index (χ1v) is 7.62. The van der Waals surface area contributed by atoms with E-state index in [0.717, 1.165) is 47.6 Å². The van der Waals surface area contributed by atoms with Crippen LogP contribution in [-0.2, 0) is 0 Å². The Hall–Kier alpha value is -1.03. The van der Waals surface area contributed by atoms with Gasteiger partial charge in [-0.3, -0.25) is 4.79 Å². The first-order chi connectivity index (χ1) is 9.11. The first-order valence-electron chi connectivity index (χ1n) is 6.83.